The molecule has 0 aliphatic heterocycles. The van der Waals surface area contributed by atoms with Gasteiger partial charge in [0.1, 0.15) is 0 Å². The molecule has 0 heterocycles. The SMILES string of the molecule is CC(C)N.CCN/C=C(\CC)C1=C(c2cccc(C)c2)CC(C)C=C1. The van der Waals surface area contributed by atoms with Crippen molar-refractivity contribution in [1.82, 2.24) is 5.32 Å². The van der Waals surface area contributed by atoms with Crippen LogP contribution < -0.4 is 11.1 Å². The first kappa shape index (κ1) is 21.2. The number of aryl methyl sites for hydroxylation is 1. The van der Waals surface area contributed by atoms with Crippen molar-refractivity contribution in [1.29, 1.82) is 0 Å². The normalized spacial score (nSPS) is 17.4. The first-order valence-corrected chi connectivity index (χ1v) is 9.55. The molecule has 0 amide bonds. The Morgan fingerprint density at radius 1 is 1.32 bits per heavy atom. The van der Waals surface area contributed by atoms with Gasteiger partial charge in [0, 0.05) is 12.7 Å². The summed E-state index contributed by atoms with van der Waals surface area (Å²) in [6, 6.07) is 9.22. The van der Waals surface area contributed by atoms with Gasteiger partial charge in [-0.2, -0.15) is 0 Å². The summed E-state index contributed by atoms with van der Waals surface area (Å²) in [5.74, 6) is 0.613. The van der Waals surface area contributed by atoms with Gasteiger partial charge in [-0.05, 0) is 60.9 Å². The van der Waals surface area contributed by atoms with Crippen molar-refractivity contribution in [2.45, 2.75) is 60.4 Å². The fourth-order valence-electron chi connectivity index (χ4n) is 2.86. The van der Waals surface area contributed by atoms with Gasteiger partial charge in [-0.25, -0.2) is 0 Å². The van der Waals surface area contributed by atoms with Crippen molar-refractivity contribution >= 4 is 5.57 Å². The molecule has 1 atom stereocenters. The number of nitrogens with two attached hydrogens (primary N) is 1. The average Bonchev–Trinajstić information content (AvgIpc) is 2.56. The molecule has 1 aromatic carbocycles. The Labute approximate surface area is 154 Å². The lowest BCUT2D eigenvalue weighted by atomic mass is 9.83. The number of rotatable bonds is 5. The molecule has 25 heavy (non-hydrogen) atoms. The van der Waals surface area contributed by atoms with Gasteiger partial charge in [0.25, 0.3) is 0 Å². The van der Waals surface area contributed by atoms with Crippen LogP contribution in [-0.2, 0) is 0 Å². The zero-order valence-electron chi connectivity index (χ0n) is 16.9. The first-order chi connectivity index (χ1) is 11.9. The quantitative estimate of drug-likeness (QED) is 0.732. The molecule has 0 radical (unpaired) electrons. The maximum atomic E-state index is 5.11. The summed E-state index contributed by atoms with van der Waals surface area (Å²) in [6.07, 6.45) is 9.02. The highest BCUT2D eigenvalue weighted by atomic mass is 14.8. The lowest BCUT2D eigenvalue weighted by Gasteiger charge is -2.22. The first-order valence-electron chi connectivity index (χ1n) is 9.55. The minimum Gasteiger partial charge on any atom is -0.391 e. The molecule has 1 aliphatic carbocycles. The van der Waals surface area contributed by atoms with E-state index in [-0.39, 0.29) is 0 Å². The van der Waals surface area contributed by atoms with E-state index in [2.05, 4.69) is 75.6 Å². The Balaban J connectivity index is 0.000000705. The molecule has 1 aliphatic rings. The van der Waals surface area contributed by atoms with E-state index in [0.717, 1.165) is 19.4 Å². The van der Waals surface area contributed by atoms with Crippen LogP contribution >= 0.6 is 0 Å². The molecule has 3 N–H and O–H groups in total. The van der Waals surface area contributed by atoms with Gasteiger partial charge in [-0.15, -0.1) is 0 Å². The monoisotopic (exact) mass is 340 g/mol. The summed E-state index contributed by atoms with van der Waals surface area (Å²) in [5, 5.41) is 3.36. The molecule has 2 heteroatoms. The second-order valence-corrected chi connectivity index (χ2v) is 7.13. The molecule has 0 aromatic heterocycles. The van der Waals surface area contributed by atoms with Crippen LogP contribution in [-0.4, -0.2) is 12.6 Å². The molecule has 1 unspecified atom stereocenters. The zero-order chi connectivity index (χ0) is 18.8. The van der Waals surface area contributed by atoms with E-state index in [1.807, 2.05) is 13.8 Å². The summed E-state index contributed by atoms with van der Waals surface area (Å²) in [5.41, 5.74) is 12.1. The molecule has 0 spiro atoms. The van der Waals surface area contributed by atoms with Crippen LogP contribution in [0.1, 0.15) is 58.6 Å². The average molecular weight is 341 g/mol. The summed E-state index contributed by atoms with van der Waals surface area (Å²) >= 11 is 0. The summed E-state index contributed by atoms with van der Waals surface area (Å²) in [4.78, 5) is 0. The predicted octanol–water partition coefficient (Wildman–Crippen LogP) is 5.60. The Morgan fingerprint density at radius 2 is 2.00 bits per heavy atom. The smallest absolute Gasteiger partial charge is 0.0113 e. The van der Waals surface area contributed by atoms with Crippen molar-refractivity contribution in [2.75, 3.05) is 6.54 Å². The zero-order valence-corrected chi connectivity index (χ0v) is 16.9. The molecule has 2 nitrogen and oxygen atoms in total. The van der Waals surface area contributed by atoms with E-state index in [0.29, 0.717) is 12.0 Å². The number of nitrogens with one attached hydrogen (secondary N) is 1. The van der Waals surface area contributed by atoms with E-state index in [1.165, 1.54) is 27.8 Å². The fourth-order valence-corrected chi connectivity index (χ4v) is 2.86. The maximum Gasteiger partial charge on any atom is 0.0113 e. The van der Waals surface area contributed by atoms with Crippen LogP contribution in [0.4, 0.5) is 0 Å². The third kappa shape index (κ3) is 7.31. The molecule has 0 bridgehead atoms. The van der Waals surface area contributed by atoms with Crippen LogP contribution in [0.3, 0.4) is 0 Å². The lowest BCUT2D eigenvalue weighted by Crippen LogP contribution is -2.08. The van der Waals surface area contributed by atoms with Gasteiger partial charge >= 0.3 is 0 Å². The molecule has 0 fully saturated rings. The van der Waals surface area contributed by atoms with Crippen LogP contribution in [0.5, 0.6) is 0 Å². The minimum atomic E-state index is 0.333. The van der Waals surface area contributed by atoms with Crippen LogP contribution in [0, 0.1) is 12.8 Å². The number of benzene rings is 1. The van der Waals surface area contributed by atoms with Crippen molar-refractivity contribution < 1.29 is 0 Å². The summed E-state index contributed by atoms with van der Waals surface area (Å²) < 4.78 is 0. The molecular formula is C23H36N2. The van der Waals surface area contributed by atoms with Crippen molar-refractivity contribution in [3.05, 3.63) is 64.9 Å². The van der Waals surface area contributed by atoms with Gasteiger partial charge in [-0.3, -0.25) is 0 Å². The van der Waals surface area contributed by atoms with Crippen molar-refractivity contribution in [2.24, 2.45) is 11.7 Å². The number of hydrogen-bond acceptors (Lipinski definition) is 2. The molecule has 0 saturated carbocycles. The molecule has 0 saturated heterocycles. The third-order valence-electron chi connectivity index (χ3n) is 4.02. The van der Waals surface area contributed by atoms with E-state index >= 15 is 0 Å². The largest absolute Gasteiger partial charge is 0.391 e. The van der Waals surface area contributed by atoms with Gasteiger partial charge < -0.3 is 11.1 Å². The van der Waals surface area contributed by atoms with Gasteiger partial charge in [-0.1, -0.05) is 69.7 Å². The standard InChI is InChI=1S/C20H27N.C3H9N/c1-5-17(14-21-6-2)19-11-10-16(4)13-20(19)18-9-7-8-15(3)12-18;1-3(2)4/h7-12,14,16,21H,5-6,13H2,1-4H3;3H,4H2,1-2H3/b17-14+;. The fraction of sp³-hybridized carbons (Fsp3) is 0.478. The predicted molar refractivity (Wildman–Crippen MR) is 112 cm³/mol. The molecule has 138 valence electrons. The number of hydrogen-bond donors (Lipinski definition) is 2. The van der Waals surface area contributed by atoms with Crippen LogP contribution in [0.25, 0.3) is 5.57 Å². The highest BCUT2D eigenvalue weighted by Crippen LogP contribution is 2.35. The second-order valence-electron chi connectivity index (χ2n) is 7.13. The lowest BCUT2D eigenvalue weighted by molar-refractivity contribution is 0.743. The molecule has 2 rings (SSSR count). The third-order valence-corrected chi connectivity index (χ3v) is 4.02. The number of allylic oxidation sites excluding steroid dienone is 5. The summed E-state index contributed by atoms with van der Waals surface area (Å²) in [7, 11) is 0. The Kier molecular flexibility index (Phi) is 9.30. The maximum absolute atomic E-state index is 5.11. The molecular weight excluding hydrogens is 304 g/mol. The van der Waals surface area contributed by atoms with Gasteiger partial charge in [0.05, 0.1) is 0 Å². The van der Waals surface area contributed by atoms with E-state index in [9.17, 15) is 0 Å². The van der Waals surface area contributed by atoms with E-state index < -0.39 is 0 Å². The van der Waals surface area contributed by atoms with Crippen molar-refractivity contribution in [3.63, 3.8) is 0 Å². The Bertz CT molecular complexity index is 618. The van der Waals surface area contributed by atoms with Crippen LogP contribution in [0.15, 0.2) is 53.8 Å². The van der Waals surface area contributed by atoms with Gasteiger partial charge in [0.2, 0.25) is 0 Å². The molecule has 1 aromatic rings. The topological polar surface area (TPSA) is 38.0 Å². The Morgan fingerprint density at radius 3 is 2.56 bits per heavy atom. The van der Waals surface area contributed by atoms with E-state index in [4.69, 9.17) is 5.73 Å². The van der Waals surface area contributed by atoms with Crippen molar-refractivity contribution in [3.8, 4) is 0 Å². The van der Waals surface area contributed by atoms with Crippen LogP contribution in [0.2, 0.25) is 0 Å². The highest BCUT2D eigenvalue weighted by Gasteiger charge is 2.17. The highest BCUT2D eigenvalue weighted by molar-refractivity contribution is 5.76. The summed E-state index contributed by atoms with van der Waals surface area (Å²) in [6.45, 7) is 13.7. The van der Waals surface area contributed by atoms with E-state index in [1.54, 1.807) is 0 Å². The van der Waals surface area contributed by atoms with Gasteiger partial charge in [0.15, 0.2) is 0 Å². The second kappa shape index (κ2) is 10.9. The minimum absolute atomic E-state index is 0.333. The Hall–Kier alpha value is -1.80.